The summed E-state index contributed by atoms with van der Waals surface area (Å²) in [5.41, 5.74) is 10.1. The largest absolute Gasteiger partial charge is 0.328 e. The number of nitrogens with two attached hydrogens (primary N) is 1. The van der Waals surface area contributed by atoms with Crippen molar-refractivity contribution in [1.29, 1.82) is 0 Å². The molecule has 1 aliphatic carbocycles. The molecule has 0 aromatic heterocycles. The summed E-state index contributed by atoms with van der Waals surface area (Å²) in [6.07, 6.45) is 7.24. The Bertz CT molecular complexity index is 412. The second-order valence-electron chi connectivity index (χ2n) is 5.81. The Morgan fingerprint density at radius 2 is 1.72 bits per heavy atom. The maximum absolute atomic E-state index is 6.44. The van der Waals surface area contributed by atoms with Crippen molar-refractivity contribution in [2.24, 2.45) is 5.73 Å². The van der Waals surface area contributed by atoms with Gasteiger partial charge in [0.05, 0.1) is 0 Å². The van der Waals surface area contributed by atoms with Crippen LogP contribution in [0.1, 0.15) is 62.1 Å². The first kappa shape index (κ1) is 13.9. The molecule has 0 amide bonds. The molecule has 0 bridgehead atoms. The number of aryl methyl sites for hydroxylation is 2. The molecule has 0 fully saturated rings. The normalized spacial score (nSPS) is 18.2. The molecule has 100 valence electrons. The maximum atomic E-state index is 6.44. The molecule has 2 unspecified atom stereocenters. The summed E-state index contributed by atoms with van der Waals surface area (Å²) in [5.74, 6) is 0.510. The smallest absolute Gasteiger partial charge is 0.0443 e. The monoisotopic (exact) mass is 265 g/mol. The molecule has 2 N–H and O–H groups in total. The van der Waals surface area contributed by atoms with Crippen molar-refractivity contribution in [1.82, 2.24) is 0 Å². The molecule has 1 aromatic carbocycles. The predicted octanol–water partition coefficient (Wildman–Crippen LogP) is 4.45. The van der Waals surface area contributed by atoms with Crippen molar-refractivity contribution in [3.8, 4) is 0 Å². The van der Waals surface area contributed by atoms with Crippen LogP contribution in [0.4, 0.5) is 0 Å². The summed E-state index contributed by atoms with van der Waals surface area (Å²) in [6, 6.07) is 4.83. The van der Waals surface area contributed by atoms with E-state index in [2.05, 4.69) is 26.0 Å². The van der Waals surface area contributed by atoms with Crippen molar-refractivity contribution in [3.63, 3.8) is 0 Å². The summed E-state index contributed by atoms with van der Waals surface area (Å²) in [6.45, 7) is 4.33. The minimum Gasteiger partial charge on any atom is -0.328 e. The van der Waals surface area contributed by atoms with E-state index in [0.29, 0.717) is 5.92 Å². The average molecular weight is 266 g/mol. The van der Waals surface area contributed by atoms with Crippen LogP contribution in [0.2, 0.25) is 5.02 Å². The first-order valence-electron chi connectivity index (χ1n) is 7.14. The highest BCUT2D eigenvalue weighted by Crippen LogP contribution is 2.33. The van der Waals surface area contributed by atoms with Crippen LogP contribution in [-0.4, -0.2) is 6.04 Å². The van der Waals surface area contributed by atoms with Gasteiger partial charge in [0.1, 0.15) is 0 Å². The van der Waals surface area contributed by atoms with Gasteiger partial charge in [-0.15, -0.1) is 0 Å². The van der Waals surface area contributed by atoms with E-state index in [1.165, 1.54) is 42.4 Å². The number of rotatable bonds is 4. The average Bonchev–Trinajstić information content (AvgIpc) is 2.35. The molecular formula is C16H24ClN. The van der Waals surface area contributed by atoms with Crippen LogP contribution >= 0.6 is 11.6 Å². The topological polar surface area (TPSA) is 26.0 Å². The van der Waals surface area contributed by atoms with Crippen molar-refractivity contribution in [2.75, 3.05) is 0 Å². The molecule has 0 aliphatic heterocycles. The highest BCUT2D eigenvalue weighted by molar-refractivity contribution is 6.31. The molecule has 1 aromatic rings. The van der Waals surface area contributed by atoms with Gasteiger partial charge in [0.15, 0.2) is 0 Å². The molecular weight excluding hydrogens is 242 g/mol. The first-order valence-corrected chi connectivity index (χ1v) is 7.52. The van der Waals surface area contributed by atoms with Gasteiger partial charge in [-0.05, 0) is 74.1 Å². The second-order valence-corrected chi connectivity index (χ2v) is 6.21. The third-order valence-corrected chi connectivity index (χ3v) is 4.37. The van der Waals surface area contributed by atoms with Crippen molar-refractivity contribution in [2.45, 2.75) is 64.3 Å². The Morgan fingerprint density at radius 1 is 1.11 bits per heavy atom. The summed E-state index contributed by atoms with van der Waals surface area (Å²) in [4.78, 5) is 0. The van der Waals surface area contributed by atoms with Gasteiger partial charge in [0.2, 0.25) is 0 Å². The molecule has 0 spiro atoms. The van der Waals surface area contributed by atoms with Gasteiger partial charge in [0.25, 0.3) is 0 Å². The molecule has 0 saturated carbocycles. The Morgan fingerprint density at radius 3 is 2.33 bits per heavy atom. The van der Waals surface area contributed by atoms with Gasteiger partial charge < -0.3 is 5.73 Å². The lowest BCUT2D eigenvalue weighted by Gasteiger charge is -2.21. The lowest BCUT2D eigenvalue weighted by molar-refractivity contribution is 0.567. The minimum absolute atomic E-state index is 0.281. The van der Waals surface area contributed by atoms with E-state index in [0.717, 1.165) is 17.9 Å². The van der Waals surface area contributed by atoms with Gasteiger partial charge in [0, 0.05) is 11.1 Å². The van der Waals surface area contributed by atoms with E-state index >= 15 is 0 Å². The van der Waals surface area contributed by atoms with E-state index in [4.69, 9.17) is 17.3 Å². The second kappa shape index (κ2) is 6.08. The number of benzene rings is 1. The van der Waals surface area contributed by atoms with Gasteiger partial charge >= 0.3 is 0 Å². The number of hydrogen-bond donors (Lipinski definition) is 1. The van der Waals surface area contributed by atoms with Gasteiger partial charge in [-0.2, -0.15) is 0 Å². The zero-order chi connectivity index (χ0) is 13.1. The highest BCUT2D eigenvalue weighted by atomic mass is 35.5. The standard InChI is InChI=1S/C16H24ClN/c1-11(7-8-12(2)18)15-9-13-5-3-4-6-14(13)10-16(15)17/h9-12H,3-8,18H2,1-2H3. The number of hydrogen-bond acceptors (Lipinski definition) is 1. The highest BCUT2D eigenvalue weighted by Gasteiger charge is 2.16. The Balaban J connectivity index is 2.17. The molecule has 0 heterocycles. The fraction of sp³-hybridized carbons (Fsp3) is 0.625. The van der Waals surface area contributed by atoms with Crippen LogP contribution in [0.25, 0.3) is 0 Å². The van der Waals surface area contributed by atoms with Crippen molar-refractivity contribution < 1.29 is 0 Å². The minimum atomic E-state index is 0.281. The number of halogens is 1. The van der Waals surface area contributed by atoms with E-state index in [1.807, 2.05) is 0 Å². The summed E-state index contributed by atoms with van der Waals surface area (Å²) in [7, 11) is 0. The van der Waals surface area contributed by atoms with Crippen LogP contribution in [0.5, 0.6) is 0 Å². The van der Waals surface area contributed by atoms with Gasteiger partial charge in [-0.25, -0.2) is 0 Å². The van der Waals surface area contributed by atoms with E-state index in [-0.39, 0.29) is 6.04 Å². The van der Waals surface area contributed by atoms with Crippen LogP contribution < -0.4 is 5.73 Å². The van der Waals surface area contributed by atoms with Crippen molar-refractivity contribution in [3.05, 3.63) is 33.8 Å². The van der Waals surface area contributed by atoms with Crippen LogP contribution in [0.3, 0.4) is 0 Å². The van der Waals surface area contributed by atoms with Crippen molar-refractivity contribution >= 4 is 11.6 Å². The van der Waals surface area contributed by atoms with E-state index < -0.39 is 0 Å². The Labute approximate surface area is 116 Å². The summed E-state index contributed by atoms with van der Waals surface area (Å²) >= 11 is 6.44. The fourth-order valence-corrected chi connectivity index (χ4v) is 3.19. The third kappa shape index (κ3) is 3.27. The lowest BCUT2D eigenvalue weighted by Crippen LogP contribution is -2.15. The molecule has 2 heteroatoms. The molecule has 18 heavy (non-hydrogen) atoms. The first-order chi connectivity index (χ1) is 8.58. The molecule has 1 nitrogen and oxygen atoms in total. The van der Waals surface area contributed by atoms with Crippen LogP contribution in [-0.2, 0) is 12.8 Å². The maximum Gasteiger partial charge on any atom is 0.0443 e. The predicted molar refractivity (Wildman–Crippen MR) is 79.4 cm³/mol. The Kier molecular flexibility index (Phi) is 4.69. The van der Waals surface area contributed by atoms with Crippen LogP contribution in [0, 0.1) is 0 Å². The zero-order valence-corrected chi connectivity index (χ0v) is 12.3. The molecule has 2 atom stereocenters. The fourth-order valence-electron chi connectivity index (χ4n) is 2.82. The zero-order valence-electron chi connectivity index (χ0n) is 11.5. The number of fused-ring (bicyclic) bond motifs is 1. The lowest BCUT2D eigenvalue weighted by atomic mass is 9.86. The molecule has 0 radical (unpaired) electrons. The Hall–Kier alpha value is -0.530. The van der Waals surface area contributed by atoms with Gasteiger partial charge in [-0.1, -0.05) is 24.6 Å². The summed E-state index contributed by atoms with van der Waals surface area (Å²) in [5, 5.41) is 0.952. The molecule has 2 rings (SSSR count). The quantitative estimate of drug-likeness (QED) is 0.855. The SMILES string of the molecule is CC(N)CCC(C)c1cc2c(cc1Cl)CCCC2. The van der Waals surface area contributed by atoms with E-state index in [9.17, 15) is 0 Å². The van der Waals surface area contributed by atoms with Gasteiger partial charge in [-0.3, -0.25) is 0 Å². The molecule has 1 aliphatic rings. The summed E-state index contributed by atoms with van der Waals surface area (Å²) < 4.78 is 0. The molecule has 0 saturated heterocycles. The third-order valence-electron chi connectivity index (χ3n) is 4.05. The van der Waals surface area contributed by atoms with E-state index in [1.54, 1.807) is 0 Å². The van der Waals surface area contributed by atoms with Crippen LogP contribution in [0.15, 0.2) is 12.1 Å².